The molecule has 3 nitrogen and oxygen atoms in total. The first-order valence-corrected chi connectivity index (χ1v) is 5.94. The molecule has 2 aliphatic rings. The summed E-state index contributed by atoms with van der Waals surface area (Å²) in [6, 6.07) is 9.89. The molecule has 0 bridgehead atoms. The largest absolute Gasteiger partial charge is 0.367 e. The Morgan fingerprint density at radius 2 is 2.00 bits per heavy atom. The maximum absolute atomic E-state index is 6.21. The van der Waals surface area contributed by atoms with Crippen molar-refractivity contribution in [1.82, 2.24) is 5.32 Å². The summed E-state index contributed by atoms with van der Waals surface area (Å²) in [7, 11) is 0. The molecule has 0 aliphatic carbocycles. The van der Waals surface area contributed by atoms with Crippen molar-refractivity contribution in [3.05, 3.63) is 47.7 Å². The predicted octanol–water partition coefficient (Wildman–Crippen LogP) is 2.53. The van der Waals surface area contributed by atoms with Crippen LogP contribution in [0, 0.1) is 5.92 Å². The molecule has 0 aromatic heterocycles. The number of benzene rings is 1. The Labute approximate surface area is 105 Å². The summed E-state index contributed by atoms with van der Waals surface area (Å²) in [6.45, 7) is 2.01. The van der Waals surface area contributed by atoms with E-state index in [-0.39, 0.29) is 12.1 Å². The Morgan fingerprint density at radius 3 is 2.76 bits per heavy atom. The van der Waals surface area contributed by atoms with Crippen LogP contribution in [0.3, 0.4) is 0 Å². The van der Waals surface area contributed by atoms with E-state index in [1.54, 1.807) is 0 Å². The van der Waals surface area contributed by atoms with Crippen molar-refractivity contribution >= 4 is 22.6 Å². The number of hydrogen-bond donors (Lipinski definition) is 1. The lowest BCUT2D eigenvalue weighted by Crippen LogP contribution is -2.33. The highest BCUT2D eigenvalue weighted by molar-refractivity contribution is 6.67. The monoisotopic (exact) mass is 245 g/mol. The number of allylic oxidation sites excluding steroid dienone is 1. The minimum Gasteiger partial charge on any atom is -0.367 e. The molecule has 3 rings (SSSR count). The fraction of sp³-hybridized carbons (Fsp3) is 0.231. The first-order valence-electron chi connectivity index (χ1n) is 5.56. The lowest BCUT2D eigenvalue weighted by molar-refractivity contribution is 0.582. The molecular weight excluding hydrogens is 234 g/mol. The molecule has 1 aromatic rings. The van der Waals surface area contributed by atoms with Gasteiger partial charge in [-0.1, -0.05) is 48.0 Å². The fourth-order valence-electron chi connectivity index (χ4n) is 2.11. The molecule has 0 spiro atoms. The molecule has 2 unspecified atom stereocenters. The zero-order valence-corrected chi connectivity index (χ0v) is 10.1. The smallest absolute Gasteiger partial charge is 0.158 e. The second-order valence-corrected chi connectivity index (χ2v) is 4.61. The zero-order chi connectivity index (χ0) is 11.8. The predicted molar refractivity (Wildman–Crippen MR) is 70.4 cm³/mol. The van der Waals surface area contributed by atoms with Gasteiger partial charge in [-0.2, -0.15) is 0 Å². The van der Waals surface area contributed by atoms with E-state index >= 15 is 0 Å². The van der Waals surface area contributed by atoms with Gasteiger partial charge >= 0.3 is 0 Å². The summed E-state index contributed by atoms with van der Waals surface area (Å²) in [5.74, 6) is 0.788. The highest BCUT2D eigenvalue weighted by Gasteiger charge is 2.32. The molecule has 86 valence electrons. The fourth-order valence-corrected chi connectivity index (χ4v) is 2.37. The zero-order valence-electron chi connectivity index (χ0n) is 9.39. The van der Waals surface area contributed by atoms with Crippen molar-refractivity contribution < 1.29 is 0 Å². The van der Waals surface area contributed by atoms with E-state index in [9.17, 15) is 0 Å². The van der Waals surface area contributed by atoms with Crippen molar-refractivity contribution in [1.29, 1.82) is 0 Å². The van der Waals surface area contributed by atoms with Gasteiger partial charge < -0.3 is 5.32 Å². The minimum absolute atomic E-state index is 0.00444. The van der Waals surface area contributed by atoms with E-state index in [0.29, 0.717) is 11.0 Å². The van der Waals surface area contributed by atoms with Gasteiger partial charge in [-0.05, 0) is 6.92 Å². The Bertz CT molecular complexity index is 531. The Kier molecular flexibility index (Phi) is 2.48. The van der Waals surface area contributed by atoms with Crippen LogP contribution in [-0.2, 0) is 0 Å². The van der Waals surface area contributed by atoms with Crippen LogP contribution in [0.5, 0.6) is 0 Å². The summed E-state index contributed by atoms with van der Waals surface area (Å²) in [5, 5.41) is 3.90. The van der Waals surface area contributed by atoms with Crippen LogP contribution in [-0.4, -0.2) is 17.2 Å². The number of hydrogen-bond acceptors (Lipinski definition) is 3. The number of nitrogens with one attached hydrogen (secondary N) is 1. The van der Waals surface area contributed by atoms with Gasteiger partial charge in [0, 0.05) is 11.3 Å². The molecule has 0 radical (unpaired) electrons. The van der Waals surface area contributed by atoms with Crippen molar-refractivity contribution in [3.8, 4) is 0 Å². The van der Waals surface area contributed by atoms with Crippen LogP contribution < -0.4 is 5.32 Å². The highest BCUT2D eigenvalue weighted by Crippen LogP contribution is 2.26. The number of nitrogens with zero attached hydrogens (tertiary/aromatic N) is 2. The molecule has 2 atom stereocenters. The standard InChI is InChI=1S/C13H12ClN3/c1-8-7-10-11(14)16-12(17-13(10)15-8)9-5-3-2-4-6-9/h2-7,10,13,15H,1H3. The summed E-state index contributed by atoms with van der Waals surface area (Å²) < 4.78 is 0. The van der Waals surface area contributed by atoms with Crippen LogP contribution in [0.2, 0.25) is 0 Å². The Balaban J connectivity index is 1.98. The average molecular weight is 246 g/mol. The summed E-state index contributed by atoms with van der Waals surface area (Å²) >= 11 is 6.21. The van der Waals surface area contributed by atoms with Gasteiger partial charge in [-0.15, -0.1) is 0 Å². The quantitative estimate of drug-likeness (QED) is 0.811. The van der Waals surface area contributed by atoms with Crippen LogP contribution in [0.1, 0.15) is 12.5 Å². The summed E-state index contributed by atoms with van der Waals surface area (Å²) in [5.41, 5.74) is 2.10. The first kappa shape index (κ1) is 10.5. The van der Waals surface area contributed by atoms with Gasteiger partial charge in [-0.25, -0.2) is 9.98 Å². The topological polar surface area (TPSA) is 36.8 Å². The number of rotatable bonds is 1. The van der Waals surface area contributed by atoms with Crippen LogP contribution >= 0.6 is 11.6 Å². The molecule has 4 heteroatoms. The van der Waals surface area contributed by atoms with E-state index in [4.69, 9.17) is 11.6 Å². The molecule has 0 saturated heterocycles. The summed E-state index contributed by atoms with van der Waals surface area (Å²) in [6.07, 6.45) is 2.07. The molecule has 1 aromatic carbocycles. The second kappa shape index (κ2) is 4.00. The molecular formula is C13H12ClN3. The first-order chi connectivity index (χ1) is 8.24. The van der Waals surface area contributed by atoms with Crippen molar-refractivity contribution in [2.45, 2.75) is 13.1 Å². The Hall–Kier alpha value is -1.61. The molecule has 0 fully saturated rings. The van der Waals surface area contributed by atoms with Gasteiger partial charge in [0.2, 0.25) is 0 Å². The van der Waals surface area contributed by atoms with Crippen LogP contribution in [0.15, 0.2) is 52.1 Å². The van der Waals surface area contributed by atoms with Crippen molar-refractivity contribution in [3.63, 3.8) is 0 Å². The van der Waals surface area contributed by atoms with E-state index in [1.807, 2.05) is 37.3 Å². The molecule has 1 N–H and O–H groups in total. The van der Waals surface area contributed by atoms with E-state index in [0.717, 1.165) is 11.3 Å². The van der Waals surface area contributed by atoms with Crippen LogP contribution in [0.25, 0.3) is 0 Å². The molecule has 2 heterocycles. The molecule has 2 aliphatic heterocycles. The third-order valence-corrected chi connectivity index (χ3v) is 3.26. The number of amidine groups is 1. The SMILES string of the molecule is CC1=CC2C(Cl)=NC(c3ccccc3)=NC2N1. The number of fused-ring (bicyclic) bond motifs is 1. The third-order valence-electron chi connectivity index (χ3n) is 2.93. The summed E-state index contributed by atoms with van der Waals surface area (Å²) in [4.78, 5) is 8.97. The van der Waals surface area contributed by atoms with Gasteiger partial charge in [0.25, 0.3) is 0 Å². The van der Waals surface area contributed by atoms with E-state index < -0.39 is 0 Å². The molecule has 17 heavy (non-hydrogen) atoms. The van der Waals surface area contributed by atoms with Gasteiger partial charge in [0.1, 0.15) is 11.3 Å². The van der Waals surface area contributed by atoms with Gasteiger partial charge in [0.15, 0.2) is 5.84 Å². The van der Waals surface area contributed by atoms with Gasteiger partial charge in [-0.3, -0.25) is 0 Å². The van der Waals surface area contributed by atoms with Crippen molar-refractivity contribution in [2.75, 3.05) is 0 Å². The second-order valence-electron chi connectivity index (χ2n) is 4.22. The number of halogens is 1. The molecule has 0 saturated carbocycles. The highest BCUT2D eigenvalue weighted by atomic mass is 35.5. The van der Waals surface area contributed by atoms with E-state index in [1.165, 1.54) is 0 Å². The minimum atomic E-state index is -0.00444. The maximum Gasteiger partial charge on any atom is 0.158 e. The number of aliphatic imine (C=N–C) groups is 2. The van der Waals surface area contributed by atoms with Gasteiger partial charge in [0.05, 0.1) is 5.92 Å². The third kappa shape index (κ3) is 1.87. The normalized spacial score (nSPS) is 26.6. The van der Waals surface area contributed by atoms with E-state index in [2.05, 4.69) is 21.4 Å². The van der Waals surface area contributed by atoms with Crippen LogP contribution in [0.4, 0.5) is 0 Å². The lowest BCUT2D eigenvalue weighted by Gasteiger charge is -2.20. The molecule has 0 amide bonds. The Morgan fingerprint density at radius 1 is 1.24 bits per heavy atom. The van der Waals surface area contributed by atoms with Crippen molar-refractivity contribution in [2.24, 2.45) is 15.9 Å². The maximum atomic E-state index is 6.21. The average Bonchev–Trinajstić information content (AvgIpc) is 2.71. The lowest BCUT2D eigenvalue weighted by atomic mass is 10.1.